The average Bonchev–Trinajstić information content (AvgIpc) is 2.97. The highest BCUT2D eigenvalue weighted by atomic mass is 31.3. The van der Waals surface area contributed by atoms with E-state index in [0.717, 1.165) is 16.6 Å². The van der Waals surface area contributed by atoms with Crippen molar-refractivity contribution in [2.75, 3.05) is 18.5 Å². The lowest BCUT2D eigenvalue weighted by molar-refractivity contribution is -0.339. The molecule has 0 bridgehead atoms. The minimum Gasteiger partial charge on any atom is -0.790 e. The van der Waals surface area contributed by atoms with Gasteiger partial charge in [-0.25, -0.2) is 9.11 Å². The number of aliphatic hydroxyl groups is 1. The second-order valence-electron chi connectivity index (χ2n) is 6.57. The van der Waals surface area contributed by atoms with Crippen LogP contribution in [0.15, 0.2) is 11.0 Å². The fourth-order valence-electron chi connectivity index (χ4n) is 3.02. The predicted molar refractivity (Wildman–Crippen MR) is 90.8 cm³/mol. The fourth-order valence-corrected chi connectivity index (χ4v) is 5.89. The molecule has 16 nitrogen and oxygen atoms in total. The number of nitrogens with one attached hydrogen (secondary N) is 1. The first-order chi connectivity index (χ1) is 14.2. The summed E-state index contributed by atoms with van der Waals surface area (Å²) in [7, 11) is -17.9. The van der Waals surface area contributed by atoms with Crippen LogP contribution in [0.5, 0.6) is 0 Å². The van der Waals surface area contributed by atoms with Crippen molar-refractivity contribution in [1.29, 1.82) is 0 Å². The number of ether oxygens (including phenoxy) is 1. The lowest BCUT2D eigenvalue weighted by Crippen LogP contribution is -2.31. The van der Waals surface area contributed by atoms with Crippen LogP contribution in [-0.4, -0.2) is 40.0 Å². The van der Waals surface area contributed by atoms with Crippen LogP contribution in [-0.2, 0) is 38.0 Å². The van der Waals surface area contributed by atoms with Crippen molar-refractivity contribution in [2.45, 2.75) is 37.7 Å². The number of aryl methyl sites for hydroxylation is 1. The number of aromatic nitrogens is 2. The molecule has 5 unspecified atom stereocenters. The third-order valence-electron chi connectivity index (χ3n) is 4.25. The van der Waals surface area contributed by atoms with E-state index in [2.05, 4.69) is 23.4 Å². The summed E-state index contributed by atoms with van der Waals surface area (Å²) in [5.74, 6) is 0.445. The molecule has 19 heteroatoms. The molecule has 0 aromatic carbocycles. The third-order valence-corrected chi connectivity index (χ3v) is 7.92. The van der Waals surface area contributed by atoms with E-state index in [-0.39, 0.29) is 6.42 Å². The van der Waals surface area contributed by atoms with Gasteiger partial charge in [0.2, 0.25) is 0 Å². The molecule has 0 aliphatic carbocycles. The van der Waals surface area contributed by atoms with Crippen LogP contribution in [0.2, 0.25) is 0 Å². The van der Waals surface area contributed by atoms with Crippen LogP contribution < -0.4 is 30.6 Å². The zero-order valence-corrected chi connectivity index (χ0v) is 18.1. The number of nitrogens with zero attached hydrogens (tertiary/aromatic N) is 2. The lowest BCUT2D eigenvalue weighted by Gasteiger charge is -2.37. The summed E-state index contributed by atoms with van der Waals surface area (Å²) in [4.78, 5) is 59.5. The van der Waals surface area contributed by atoms with Gasteiger partial charge in [0.15, 0.2) is 0 Å². The van der Waals surface area contributed by atoms with Gasteiger partial charge in [-0.15, -0.1) is 0 Å². The molecule has 2 aliphatic rings. The number of hydrogen-bond donors (Lipinski definition) is 2. The first-order valence-corrected chi connectivity index (χ1v) is 13.0. The Bertz CT molecular complexity index is 1020. The number of aliphatic hydroxyl groups excluding tert-OH is 1. The monoisotopic (exact) mass is 503 g/mol. The van der Waals surface area contributed by atoms with Crippen LogP contribution in [0.25, 0.3) is 0 Å². The number of phosphoric acid groups is 3. The topological polar surface area (TPSA) is 248 Å². The van der Waals surface area contributed by atoms with Crippen LogP contribution in [0.1, 0.15) is 24.6 Å². The van der Waals surface area contributed by atoms with Crippen LogP contribution in [0, 0.1) is 0 Å². The Morgan fingerprint density at radius 3 is 2.61 bits per heavy atom. The standard InChI is InChI=1S/C12H20N3O13P3/c16-8-4-10(15-5-7-2-1-3-13-11(7)14-12(15)17)26-9(8)6-25-30(21,22)28-31(23,24)27-29(18,19)20/h5,8-10,16H,1-4,6H2,(H,21,22)(H,23,24)(H,13,14,17)(H2,18,19,20)/p-4. The minimum absolute atomic E-state index is 0.134. The summed E-state index contributed by atoms with van der Waals surface area (Å²) in [6.07, 6.45) is -0.802. The third kappa shape index (κ3) is 6.75. The predicted octanol–water partition coefficient (Wildman–Crippen LogP) is -2.93. The van der Waals surface area contributed by atoms with Crippen molar-refractivity contribution in [1.82, 2.24) is 9.55 Å². The summed E-state index contributed by atoms with van der Waals surface area (Å²) < 4.78 is 50.4. The van der Waals surface area contributed by atoms with E-state index in [4.69, 9.17) is 4.74 Å². The molecule has 1 saturated heterocycles. The lowest BCUT2D eigenvalue weighted by atomic mass is 10.1. The molecule has 2 N–H and O–H groups in total. The molecule has 2 aliphatic heterocycles. The molecule has 1 aromatic heterocycles. The van der Waals surface area contributed by atoms with Gasteiger partial charge in [0, 0.05) is 24.7 Å². The molecule has 0 radical (unpaired) electrons. The Balaban J connectivity index is 1.63. The van der Waals surface area contributed by atoms with Crippen molar-refractivity contribution >= 4 is 29.3 Å². The van der Waals surface area contributed by atoms with Crippen molar-refractivity contribution in [3.05, 3.63) is 22.2 Å². The molecule has 1 aromatic rings. The molecule has 3 rings (SSSR count). The van der Waals surface area contributed by atoms with Crippen molar-refractivity contribution < 1.29 is 56.3 Å². The van der Waals surface area contributed by atoms with Gasteiger partial charge in [-0.1, -0.05) is 0 Å². The first-order valence-electron chi connectivity index (χ1n) is 8.65. The minimum atomic E-state index is -6.10. The maximum absolute atomic E-state index is 12.2. The zero-order valence-electron chi connectivity index (χ0n) is 15.4. The van der Waals surface area contributed by atoms with Crippen molar-refractivity contribution in [2.24, 2.45) is 0 Å². The fraction of sp³-hybridized carbons (Fsp3) is 0.667. The van der Waals surface area contributed by atoms with Crippen LogP contribution in [0.4, 0.5) is 5.82 Å². The van der Waals surface area contributed by atoms with Crippen LogP contribution >= 0.6 is 23.5 Å². The highest BCUT2D eigenvalue weighted by molar-refractivity contribution is 7.64. The molecular weight excluding hydrogens is 487 g/mol. The second kappa shape index (κ2) is 9.10. The number of hydrogen-bond acceptors (Lipinski definition) is 15. The van der Waals surface area contributed by atoms with E-state index in [0.29, 0.717) is 18.8 Å². The van der Waals surface area contributed by atoms with Gasteiger partial charge in [-0.2, -0.15) is 4.98 Å². The zero-order chi connectivity index (χ0) is 23.0. The number of fused-ring (bicyclic) bond motifs is 1. The van der Waals surface area contributed by atoms with E-state index < -0.39 is 54.2 Å². The highest BCUT2D eigenvalue weighted by Gasteiger charge is 2.37. The van der Waals surface area contributed by atoms with Gasteiger partial charge in [-0.05, 0) is 12.8 Å². The van der Waals surface area contributed by atoms with Crippen LogP contribution in [0.3, 0.4) is 0 Å². The molecule has 0 saturated carbocycles. The van der Waals surface area contributed by atoms with E-state index in [9.17, 15) is 43.2 Å². The molecule has 0 amide bonds. The van der Waals surface area contributed by atoms with Gasteiger partial charge in [-0.3, -0.25) is 18.0 Å². The number of rotatable bonds is 8. The SMILES string of the molecule is O=c1nc2c(cn1C1CC(O)C(COP(=O)([O-])OP(=O)([O-])OP(=O)([O-])[O-])O1)CCCN2. The Kier molecular flexibility index (Phi) is 7.24. The molecular formula is C12H16N3O13P3-4. The van der Waals surface area contributed by atoms with Crippen molar-refractivity contribution in [3.8, 4) is 0 Å². The number of anilines is 1. The van der Waals surface area contributed by atoms with Gasteiger partial charge < -0.3 is 43.8 Å². The smallest absolute Gasteiger partial charge is 0.351 e. The normalized spacial score (nSPS) is 27.7. The molecule has 1 fully saturated rings. The van der Waals surface area contributed by atoms with Crippen molar-refractivity contribution in [3.63, 3.8) is 0 Å². The molecule has 3 heterocycles. The van der Waals surface area contributed by atoms with E-state index >= 15 is 0 Å². The summed E-state index contributed by atoms with van der Waals surface area (Å²) in [5, 5.41) is 13.1. The summed E-state index contributed by atoms with van der Waals surface area (Å²) in [6.45, 7) is -0.277. The Labute approximate surface area is 174 Å². The van der Waals surface area contributed by atoms with E-state index in [1.807, 2.05) is 0 Å². The molecule has 176 valence electrons. The summed E-state index contributed by atoms with van der Waals surface area (Å²) in [6, 6.07) is 0. The second-order valence-corrected chi connectivity index (χ2v) is 10.8. The van der Waals surface area contributed by atoms with E-state index in [1.165, 1.54) is 6.20 Å². The summed E-state index contributed by atoms with van der Waals surface area (Å²) in [5.41, 5.74) is 0.0789. The van der Waals surface area contributed by atoms with Gasteiger partial charge >= 0.3 is 5.69 Å². The molecule has 5 atom stereocenters. The van der Waals surface area contributed by atoms with Gasteiger partial charge in [0.25, 0.3) is 15.6 Å². The Hall–Kier alpha value is -0.990. The van der Waals surface area contributed by atoms with Gasteiger partial charge in [0.1, 0.15) is 18.1 Å². The maximum atomic E-state index is 12.2. The largest absolute Gasteiger partial charge is 0.790 e. The average molecular weight is 503 g/mol. The number of phosphoric ester groups is 1. The maximum Gasteiger partial charge on any atom is 0.351 e. The highest BCUT2D eigenvalue weighted by Crippen LogP contribution is 2.60. The van der Waals surface area contributed by atoms with Gasteiger partial charge in [0.05, 0.1) is 20.5 Å². The Morgan fingerprint density at radius 1 is 1.23 bits per heavy atom. The molecule has 0 spiro atoms. The Morgan fingerprint density at radius 2 is 1.94 bits per heavy atom. The first kappa shape index (κ1) is 24.6. The summed E-state index contributed by atoms with van der Waals surface area (Å²) >= 11 is 0. The molecule has 31 heavy (non-hydrogen) atoms. The quantitative estimate of drug-likeness (QED) is 0.337. The van der Waals surface area contributed by atoms with E-state index in [1.54, 1.807) is 0 Å².